The first-order valence-corrected chi connectivity index (χ1v) is 7.33. The number of aryl methyl sites for hydroxylation is 1. The van der Waals surface area contributed by atoms with Gasteiger partial charge in [-0.15, -0.1) is 0 Å². The summed E-state index contributed by atoms with van der Waals surface area (Å²) < 4.78 is 10.4. The van der Waals surface area contributed by atoms with Crippen molar-refractivity contribution >= 4 is 11.6 Å². The number of carbonyl (C=O) groups excluding carboxylic acids is 1. The molecule has 1 amide bonds. The number of benzene rings is 1. The zero-order valence-corrected chi connectivity index (χ0v) is 13.6. The number of non-ortho nitro benzene ring substituents is 1. The van der Waals surface area contributed by atoms with Crippen molar-refractivity contribution in [2.75, 3.05) is 6.61 Å². The predicted molar refractivity (Wildman–Crippen MR) is 83.3 cm³/mol. The molecule has 1 aromatic carbocycles. The molecular formula is C15H18N4O5. The number of nitro groups is 1. The van der Waals surface area contributed by atoms with Crippen LogP contribution in [0.2, 0.25) is 0 Å². The van der Waals surface area contributed by atoms with E-state index in [0.29, 0.717) is 17.5 Å². The molecule has 0 saturated heterocycles. The van der Waals surface area contributed by atoms with Crippen LogP contribution in [0, 0.1) is 23.0 Å². The molecule has 1 aromatic heterocycles. The largest absolute Gasteiger partial charge is 0.484 e. The SMILES string of the molecule is Cc1noc([C@H](NC(=O)COc2ccc([N+](=O)[O-])cc2)C(C)C)n1. The second kappa shape index (κ2) is 7.53. The first-order chi connectivity index (χ1) is 11.4. The number of ether oxygens (including phenoxy) is 1. The van der Waals surface area contributed by atoms with Crippen LogP contribution in [0.4, 0.5) is 5.69 Å². The Kier molecular flexibility index (Phi) is 5.46. The van der Waals surface area contributed by atoms with Crippen LogP contribution in [0.1, 0.15) is 31.6 Å². The standard InChI is InChI=1S/C15H18N4O5/c1-9(2)14(15-16-10(3)18-24-15)17-13(20)8-23-12-6-4-11(5-7-12)19(21)22/h4-7,9,14H,8H2,1-3H3,(H,17,20)/t14-/m1/s1. The highest BCUT2D eigenvalue weighted by atomic mass is 16.6. The van der Waals surface area contributed by atoms with E-state index in [1.54, 1.807) is 6.92 Å². The molecular weight excluding hydrogens is 316 g/mol. The van der Waals surface area contributed by atoms with Gasteiger partial charge in [-0.25, -0.2) is 0 Å². The minimum atomic E-state index is -0.504. The maximum Gasteiger partial charge on any atom is 0.269 e. The van der Waals surface area contributed by atoms with Crippen molar-refractivity contribution < 1.29 is 19.0 Å². The molecule has 0 aliphatic heterocycles. The second-order valence-electron chi connectivity index (χ2n) is 5.51. The smallest absolute Gasteiger partial charge is 0.269 e. The van der Waals surface area contributed by atoms with E-state index in [0.717, 1.165) is 0 Å². The van der Waals surface area contributed by atoms with Gasteiger partial charge in [0.15, 0.2) is 12.4 Å². The second-order valence-corrected chi connectivity index (χ2v) is 5.51. The third-order valence-electron chi connectivity index (χ3n) is 3.21. The van der Waals surface area contributed by atoms with Crippen LogP contribution in [0.15, 0.2) is 28.8 Å². The monoisotopic (exact) mass is 334 g/mol. The maximum atomic E-state index is 12.1. The summed E-state index contributed by atoms with van der Waals surface area (Å²) in [6.45, 7) is 5.31. The van der Waals surface area contributed by atoms with Crippen LogP contribution >= 0.6 is 0 Å². The molecule has 0 aliphatic rings. The van der Waals surface area contributed by atoms with Gasteiger partial charge in [-0.3, -0.25) is 14.9 Å². The lowest BCUT2D eigenvalue weighted by Gasteiger charge is -2.18. The molecule has 1 N–H and O–H groups in total. The highest BCUT2D eigenvalue weighted by molar-refractivity contribution is 5.77. The Hall–Kier alpha value is -2.97. The topological polar surface area (TPSA) is 120 Å². The zero-order chi connectivity index (χ0) is 17.7. The van der Waals surface area contributed by atoms with E-state index < -0.39 is 11.0 Å². The van der Waals surface area contributed by atoms with Crippen molar-refractivity contribution in [3.05, 3.63) is 46.1 Å². The first-order valence-electron chi connectivity index (χ1n) is 7.33. The molecule has 128 valence electrons. The van der Waals surface area contributed by atoms with Crippen LogP contribution in [0.3, 0.4) is 0 Å². The van der Waals surface area contributed by atoms with Crippen LogP contribution in [0.5, 0.6) is 5.75 Å². The van der Waals surface area contributed by atoms with E-state index in [1.807, 2.05) is 13.8 Å². The normalized spacial score (nSPS) is 12.0. The molecule has 0 saturated carbocycles. The van der Waals surface area contributed by atoms with Crippen molar-refractivity contribution in [2.24, 2.45) is 5.92 Å². The molecule has 1 atom stereocenters. The molecule has 0 spiro atoms. The number of carbonyl (C=O) groups is 1. The van der Waals surface area contributed by atoms with E-state index in [2.05, 4.69) is 15.5 Å². The fraction of sp³-hybridized carbons (Fsp3) is 0.400. The third-order valence-corrected chi connectivity index (χ3v) is 3.21. The quantitative estimate of drug-likeness (QED) is 0.608. The van der Waals surface area contributed by atoms with Gasteiger partial charge in [-0.1, -0.05) is 19.0 Å². The van der Waals surface area contributed by atoms with Crippen molar-refractivity contribution in [3.8, 4) is 5.75 Å². The van der Waals surface area contributed by atoms with E-state index in [9.17, 15) is 14.9 Å². The number of rotatable bonds is 7. The van der Waals surface area contributed by atoms with Crippen LogP contribution in [0.25, 0.3) is 0 Å². The summed E-state index contributed by atoms with van der Waals surface area (Å²) in [7, 11) is 0. The fourth-order valence-corrected chi connectivity index (χ4v) is 1.98. The average Bonchev–Trinajstić information content (AvgIpc) is 2.96. The number of nitrogens with zero attached hydrogens (tertiary/aromatic N) is 3. The lowest BCUT2D eigenvalue weighted by atomic mass is 10.0. The molecule has 9 nitrogen and oxygen atoms in total. The Bertz CT molecular complexity index is 711. The number of nitrogens with one attached hydrogen (secondary N) is 1. The molecule has 0 bridgehead atoms. The summed E-state index contributed by atoms with van der Waals surface area (Å²) in [6, 6.07) is 5.08. The molecule has 9 heteroatoms. The van der Waals surface area contributed by atoms with E-state index >= 15 is 0 Å². The van der Waals surface area contributed by atoms with Crippen LogP contribution < -0.4 is 10.1 Å². The number of hydrogen-bond acceptors (Lipinski definition) is 7. The Morgan fingerprint density at radius 2 is 2.04 bits per heavy atom. The van der Waals surface area contributed by atoms with Gasteiger partial charge in [0, 0.05) is 12.1 Å². The summed E-state index contributed by atoms with van der Waals surface area (Å²) in [5.74, 6) is 0.889. The van der Waals surface area contributed by atoms with Gasteiger partial charge in [-0.2, -0.15) is 4.98 Å². The van der Waals surface area contributed by atoms with Gasteiger partial charge < -0.3 is 14.6 Å². The summed E-state index contributed by atoms with van der Waals surface area (Å²) >= 11 is 0. The lowest BCUT2D eigenvalue weighted by molar-refractivity contribution is -0.384. The molecule has 0 fully saturated rings. The molecule has 24 heavy (non-hydrogen) atoms. The van der Waals surface area contributed by atoms with E-state index in [1.165, 1.54) is 24.3 Å². The number of hydrogen-bond donors (Lipinski definition) is 1. The molecule has 0 radical (unpaired) electrons. The van der Waals surface area contributed by atoms with Gasteiger partial charge in [0.1, 0.15) is 11.8 Å². The minimum Gasteiger partial charge on any atom is -0.484 e. The number of amides is 1. The molecule has 0 unspecified atom stereocenters. The zero-order valence-electron chi connectivity index (χ0n) is 13.6. The average molecular weight is 334 g/mol. The summed E-state index contributed by atoms with van der Waals surface area (Å²) in [4.78, 5) is 26.3. The van der Waals surface area contributed by atoms with Crippen molar-refractivity contribution in [2.45, 2.75) is 26.8 Å². The van der Waals surface area contributed by atoms with Gasteiger partial charge in [0.05, 0.1) is 4.92 Å². The fourth-order valence-electron chi connectivity index (χ4n) is 1.98. The highest BCUT2D eigenvalue weighted by Crippen LogP contribution is 2.20. The maximum absolute atomic E-state index is 12.1. The Morgan fingerprint density at radius 1 is 1.38 bits per heavy atom. The van der Waals surface area contributed by atoms with Crippen molar-refractivity contribution in [1.82, 2.24) is 15.5 Å². The lowest BCUT2D eigenvalue weighted by Crippen LogP contribution is -2.35. The Labute approximate surface area is 138 Å². The van der Waals surface area contributed by atoms with Gasteiger partial charge in [0.25, 0.3) is 11.6 Å². The molecule has 1 heterocycles. The Balaban J connectivity index is 1.92. The number of nitro benzene ring substituents is 1. The van der Waals surface area contributed by atoms with Crippen LogP contribution in [-0.2, 0) is 4.79 Å². The summed E-state index contributed by atoms with van der Waals surface area (Å²) in [5, 5.41) is 17.1. The highest BCUT2D eigenvalue weighted by Gasteiger charge is 2.24. The van der Waals surface area contributed by atoms with Crippen molar-refractivity contribution in [3.63, 3.8) is 0 Å². The molecule has 2 rings (SSSR count). The molecule has 0 aliphatic carbocycles. The van der Waals surface area contributed by atoms with Crippen molar-refractivity contribution in [1.29, 1.82) is 0 Å². The van der Waals surface area contributed by atoms with Gasteiger partial charge in [0.2, 0.25) is 5.89 Å². The Morgan fingerprint density at radius 3 is 2.54 bits per heavy atom. The first kappa shape index (κ1) is 17.4. The summed E-state index contributed by atoms with van der Waals surface area (Å²) in [6.07, 6.45) is 0. The summed E-state index contributed by atoms with van der Waals surface area (Å²) in [5.41, 5.74) is -0.0431. The minimum absolute atomic E-state index is 0.0431. The predicted octanol–water partition coefficient (Wildman–Crippen LogP) is 2.18. The van der Waals surface area contributed by atoms with Crippen LogP contribution in [-0.4, -0.2) is 27.6 Å². The number of aromatic nitrogens is 2. The van der Waals surface area contributed by atoms with Gasteiger partial charge in [-0.05, 0) is 25.0 Å². The van der Waals surface area contributed by atoms with Gasteiger partial charge >= 0.3 is 0 Å². The van der Waals surface area contributed by atoms with E-state index in [4.69, 9.17) is 9.26 Å². The van der Waals surface area contributed by atoms with E-state index in [-0.39, 0.29) is 24.1 Å². The molecule has 2 aromatic rings. The third kappa shape index (κ3) is 4.51.